The van der Waals surface area contributed by atoms with Crippen LogP contribution in [0.25, 0.3) is 11.3 Å². The zero-order valence-electron chi connectivity index (χ0n) is 19.2. The summed E-state index contributed by atoms with van der Waals surface area (Å²) in [6.07, 6.45) is 1.21. The van der Waals surface area contributed by atoms with E-state index in [-0.39, 0.29) is 47.6 Å². The Morgan fingerprint density at radius 1 is 1.11 bits per heavy atom. The van der Waals surface area contributed by atoms with E-state index in [1.807, 2.05) is 0 Å². The number of halogens is 3. The maximum absolute atomic E-state index is 14.4. The minimum absolute atomic E-state index is 0.0229. The third-order valence-electron chi connectivity index (χ3n) is 6.23. The molecule has 1 aliphatic rings. The molecule has 4 rings (SSSR count). The number of ketones is 2. The lowest BCUT2D eigenvalue weighted by Gasteiger charge is -2.17. The van der Waals surface area contributed by atoms with E-state index in [2.05, 4.69) is 10.3 Å². The fourth-order valence-electron chi connectivity index (χ4n) is 4.67. The van der Waals surface area contributed by atoms with E-state index in [0.29, 0.717) is 27.8 Å². The Bertz CT molecular complexity index is 1320. The van der Waals surface area contributed by atoms with Gasteiger partial charge in [-0.2, -0.15) is 0 Å². The average Bonchev–Trinajstić information content (AvgIpc) is 3.05. The van der Waals surface area contributed by atoms with Crippen LogP contribution >= 0.6 is 11.6 Å². The number of amides is 1. The zero-order chi connectivity index (χ0) is 25.3. The molecule has 0 saturated heterocycles. The fraction of sp³-hybridized carbons (Fsp3) is 0.259. The Balaban J connectivity index is 1.50. The number of aryl methyl sites for hydroxylation is 2. The van der Waals surface area contributed by atoms with Gasteiger partial charge in [-0.1, -0.05) is 23.7 Å². The first kappa shape index (κ1) is 24.7. The quantitative estimate of drug-likeness (QED) is 0.473. The van der Waals surface area contributed by atoms with Gasteiger partial charge in [0.15, 0.2) is 11.6 Å². The molecule has 8 heteroatoms. The summed E-state index contributed by atoms with van der Waals surface area (Å²) in [7, 11) is 0. The number of benzene rings is 2. The molecule has 180 valence electrons. The van der Waals surface area contributed by atoms with E-state index in [0.717, 1.165) is 0 Å². The molecular weight excluding hydrogens is 474 g/mol. The van der Waals surface area contributed by atoms with Crippen LogP contribution < -0.4 is 5.32 Å². The molecule has 3 aromatic rings. The first-order valence-corrected chi connectivity index (χ1v) is 11.5. The van der Waals surface area contributed by atoms with Crippen molar-refractivity contribution in [2.24, 2.45) is 5.92 Å². The first-order valence-electron chi connectivity index (χ1n) is 11.1. The van der Waals surface area contributed by atoms with Gasteiger partial charge in [0.05, 0.1) is 5.02 Å². The van der Waals surface area contributed by atoms with Crippen molar-refractivity contribution >= 4 is 29.1 Å². The number of carbonyl (C=O) groups is 3. The SMILES string of the molecule is Cc1cc(-c2ncc(Cl)cc2F)cc(C)c1C1C(=O)CC(CC(=O)NCc2cccc(F)c2)C1=O. The number of Topliss-reactive ketones (excluding diaryl/α,β-unsaturated/α-hetero) is 2. The molecule has 35 heavy (non-hydrogen) atoms. The summed E-state index contributed by atoms with van der Waals surface area (Å²) in [6, 6.07) is 10.4. The van der Waals surface area contributed by atoms with E-state index in [1.54, 1.807) is 38.1 Å². The van der Waals surface area contributed by atoms with Crippen LogP contribution in [0.2, 0.25) is 5.02 Å². The van der Waals surface area contributed by atoms with Crippen LogP contribution in [0.3, 0.4) is 0 Å². The third kappa shape index (κ3) is 5.30. The topological polar surface area (TPSA) is 76.1 Å². The molecule has 1 aliphatic carbocycles. The van der Waals surface area contributed by atoms with E-state index >= 15 is 0 Å². The highest BCUT2D eigenvalue weighted by Gasteiger charge is 2.43. The van der Waals surface area contributed by atoms with Crippen molar-refractivity contribution in [2.45, 2.75) is 39.2 Å². The van der Waals surface area contributed by atoms with Crippen molar-refractivity contribution < 1.29 is 23.2 Å². The predicted octanol–water partition coefficient (Wildman–Crippen LogP) is 5.25. The van der Waals surface area contributed by atoms with Gasteiger partial charge in [-0.15, -0.1) is 0 Å². The van der Waals surface area contributed by atoms with Gasteiger partial charge in [0, 0.05) is 37.1 Å². The van der Waals surface area contributed by atoms with Crippen LogP contribution in [0.1, 0.15) is 41.0 Å². The van der Waals surface area contributed by atoms with Crippen molar-refractivity contribution in [3.63, 3.8) is 0 Å². The third-order valence-corrected chi connectivity index (χ3v) is 6.44. The van der Waals surface area contributed by atoms with Crippen LogP contribution in [0, 0.1) is 31.4 Å². The summed E-state index contributed by atoms with van der Waals surface area (Å²) in [4.78, 5) is 42.5. The Hall–Kier alpha value is -3.45. The molecule has 2 atom stereocenters. The summed E-state index contributed by atoms with van der Waals surface area (Å²) >= 11 is 5.80. The molecule has 0 bridgehead atoms. The van der Waals surface area contributed by atoms with Crippen molar-refractivity contribution in [3.05, 3.63) is 87.6 Å². The number of pyridine rings is 1. The molecule has 0 aliphatic heterocycles. The van der Waals surface area contributed by atoms with E-state index in [4.69, 9.17) is 11.6 Å². The molecule has 0 radical (unpaired) electrons. The summed E-state index contributed by atoms with van der Waals surface area (Å²) in [6.45, 7) is 3.66. The number of nitrogens with one attached hydrogen (secondary N) is 1. The van der Waals surface area contributed by atoms with Gasteiger partial charge in [0.1, 0.15) is 23.2 Å². The standard InChI is InChI=1S/C27H23ClF2N2O3/c1-14-6-17(26-21(30)11-19(28)13-32-26)7-15(2)24(14)25-22(33)9-18(27(25)35)10-23(34)31-12-16-4-3-5-20(29)8-16/h3-8,11,13,18,25H,9-10,12H2,1-2H3,(H,31,34). The number of aromatic nitrogens is 1. The van der Waals surface area contributed by atoms with Crippen LogP contribution in [-0.4, -0.2) is 22.5 Å². The summed E-state index contributed by atoms with van der Waals surface area (Å²) in [5.41, 5.74) is 3.16. The van der Waals surface area contributed by atoms with Crippen molar-refractivity contribution in [1.82, 2.24) is 10.3 Å². The molecule has 1 heterocycles. The van der Waals surface area contributed by atoms with Crippen molar-refractivity contribution in [3.8, 4) is 11.3 Å². The highest BCUT2D eigenvalue weighted by Crippen LogP contribution is 2.38. The molecule has 2 aromatic carbocycles. The zero-order valence-corrected chi connectivity index (χ0v) is 20.0. The van der Waals surface area contributed by atoms with Gasteiger partial charge in [0.2, 0.25) is 5.91 Å². The smallest absolute Gasteiger partial charge is 0.221 e. The number of carbonyl (C=O) groups excluding carboxylic acids is 3. The van der Waals surface area contributed by atoms with Gasteiger partial charge in [-0.25, -0.2) is 8.78 Å². The largest absolute Gasteiger partial charge is 0.352 e. The maximum atomic E-state index is 14.4. The highest BCUT2D eigenvalue weighted by atomic mass is 35.5. The Labute approximate surface area is 206 Å². The molecule has 5 nitrogen and oxygen atoms in total. The molecule has 1 aromatic heterocycles. The Morgan fingerprint density at radius 3 is 2.49 bits per heavy atom. The van der Waals surface area contributed by atoms with Gasteiger partial charge in [0.25, 0.3) is 0 Å². The molecule has 1 N–H and O–H groups in total. The second-order valence-electron chi connectivity index (χ2n) is 8.82. The highest BCUT2D eigenvalue weighted by molar-refractivity contribution is 6.30. The minimum atomic E-state index is -0.965. The Kier molecular flexibility index (Phi) is 7.08. The van der Waals surface area contributed by atoms with E-state index in [1.165, 1.54) is 24.4 Å². The number of hydrogen-bond donors (Lipinski definition) is 1. The summed E-state index contributed by atoms with van der Waals surface area (Å²) in [5.74, 6) is -3.58. The monoisotopic (exact) mass is 496 g/mol. The average molecular weight is 497 g/mol. The molecule has 1 saturated carbocycles. The molecule has 1 fully saturated rings. The number of rotatable bonds is 6. The molecule has 0 spiro atoms. The second kappa shape index (κ2) is 10.0. The van der Waals surface area contributed by atoms with E-state index < -0.39 is 23.5 Å². The van der Waals surface area contributed by atoms with Crippen LogP contribution in [0.5, 0.6) is 0 Å². The minimum Gasteiger partial charge on any atom is -0.352 e. The molecule has 2 unspecified atom stereocenters. The summed E-state index contributed by atoms with van der Waals surface area (Å²) in [5, 5.41) is 2.86. The van der Waals surface area contributed by atoms with Gasteiger partial charge in [-0.05, 0) is 66.4 Å². The van der Waals surface area contributed by atoms with Crippen LogP contribution in [-0.2, 0) is 20.9 Å². The second-order valence-corrected chi connectivity index (χ2v) is 9.26. The lowest BCUT2D eigenvalue weighted by atomic mass is 9.85. The molecular formula is C27H23ClF2N2O3. The normalized spacial score (nSPS) is 17.6. The molecule has 1 amide bonds. The predicted molar refractivity (Wildman–Crippen MR) is 128 cm³/mol. The first-order chi connectivity index (χ1) is 16.6. The van der Waals surface area contributed by atoms with E-state index in [9.17, 15) is 23.2 Å². The van der Waals surface area contributed by atoms with Gasteiger partial charge in [-0.3, -0.25) is 19.4 Å². The lowest BCUT2D eigenvalue weighted by Crippen LogP contribution is -2.27. The van der Waals surface area contributed by atoms with Crippen LogP contribution in [0.4, 0.5) is 8.78 Å². The number of hydrogen-bond acceptors (Lipinski definition) is 4. The van der Waals surface area contributed by atoms with Crippen LogP contribution in [0.15, 0.2) is 48.7 Å². The fourth-order valence-corrected chi connectivity index (χ4v) is 4.81. The van der Waals surface area contributed by atoms with Crippen molar-refractivity contribution in [1.29, 1.82) is 0 Å². The Morgan fingerprint density at radius 2 is 1.83 bits per heavy atom. The maximum Gasteiger partial charge on any atom is 0.221 e. The van der Waals surface area contributed by atoms with Crippen molar-refractivity contribution in [2.75, 3.05) is 0 Å². The number of nitrogens with zero attached hydrogens (tertiary/aromatic N) is 1. The lowest BCUT2D eigenvalue weighted by molar-refractivity contribution is -0.128. The van der Waals surface area contributed by atoms with Gasteiger partial charge >= 0.3 is 0 Å². The summed E-state index contributed by atoms with van der Waals surface area (Å²) < 4.78 is 27.7. The van der Waals surface area contributed by atoms with Gasteiger partial charge < -0.3 is 5.32 Å².